The summed E-state index contributed by atoms with van der Waals surface area (Å²) in [5.41, 5.74) is -0.161. The summed E-state index contributed by atoms with van der Waals surface area (Å²) in [4.78, 5) is 25.5. The van der Waals surface area contributed by atoms with Crippen molar-refractivity contribution in [3.63, 3.8) is 0 Å². The Morgan fingerprint density at radius 3 is 2.37 bits per heavy atom. The quantitative estimate of drug-likeness (QED) is 0.263. The fraction of sp³-hybridized carbons (Fsp3) is 0.222. The lowest BCUT2D eigenvalue weighted by Gasteiger charge is -2.24. The lowest BCUT2D eigenvalue weighted by atomic mass is 10.1. The normalized spacial score (nSPS) is 14.5. The van der Waals surface area contributed by atoms with Crippen molar-refractivity contribution in [2.24, 2.45) is 5.10 Å². The van der Waals surface area contributed by atoms with Gasteiger partial charge in [0.1, 0.15) is 22.9 Å². The molecule has 0 aliphatic carbocycles. The summed E-state index contributed by atoms with van der Waals surface area (Å²) < 4.78 is 85.1. The van der Waals surface area contributed by atoms with Gasteiger partial charge in [-0.05, 0) is 36.4 Å². The zero-order chi connectivity index (χ0) is 29.7. The number of nitrogens with one attached hydrogen (secondary N) is 1. The van der Waals surface area contributed by atoms with E-state index in [0.29, 0.717) is 11.6 Å². The van der Waals surface area contributed by atoms with Gasteiger partial charge in [-0.25, -0.2) is 22.6 Å². The second-order valence-corrected chi connectivity index (χ2v) is 9.37. The maximum atomic E-state index is 15.1. The first-order valence-corrected chi connectivity index (χ1v) is 12.8. The van der Waals surface area contributed by atoms with Crippen molar-refractivity contribution in [2.45, 2.75) is 5.37 Å². The first-order chi connectivity index (χ1) is 19.7. The van der Waals surface area contributed by atoms with Gasteiger partial charge in [0.15, 0.2) is 35.5 Å². The van der Waals surface area contributed by atoms with E-state index < -0.39 is 65.1 Å². The minimum Gasteiger partial charge on any atom is -0.492 e. The number of carbonyl (C=O) groups is 2. The van der Waals surface area contributed by atoms with E-state index in [9.17, 15) is 27.2 Å². The van der Waals surface area contributed by atoms with Crippen molar-refractivity contribution in [3.05, 3.63) is 88.5 Å². The topological polar surface area (TPSA) is 89.5 Å². The molecule has 14 heteroatoms. The van der Waals surface area contributed by atoms with Crippen LogP contribution in [0, 0.1) is 23.3 Å². The van der Waals surface area contributed by atoms with Crippen molar-refractivity contribution in [3.8, 4) is 17.2 Å². The van der Waals surface area contributed by atoms with Gasteiger partial charge >= 0.3 is 0 Å². The highest BCUT2D eigenvalue weighted by atomic mass is 32.2. The number of ether oxygens (including phenoxy) is 3. The van der Waals surface area contributed by atoms with Gasteiger partial charge in [-0.15, -0.1) is 0 Å². The van der Waals surface area contributed by atoms with Crippen LogP contribution in [0.3, 0.4) is 0 Å². The first-order valence-electron chi connectivity index (χ1n) is 11.9. The summed E-state index contributed by atoms with van der Waals surface area (Å²) in [6.45, 7) is -1.42. The van der Waals surface area contributed by atoms with Crippen molar-refractivity contribution in [1.82, 2.24) is 10.3 Å². The largest absolute Gasteiger partial charge is 0.492 e. The van der Waals surface area contributed by atoms with Crippen LogP contribution in [0.1, 0.15) is 26.9 Å². The third kappa shape index (κ3) is 6.21. The van der Waals surface area contributed by atoms with Crippen molar-refractivity contribution < 1.29 is 45.8 Å². The van der Waals surface area contributed by atoms with Crippen LogP contribution in [0.5, 0.6) is 17.2 Å². The molecular formula is C27H22F5N3O5S. The molecule has 3 aromatic rings. The summed E-state index contributed by atoms with van der Waals surface area (Å²) in [6.07, 6.45) is 0. The zero-order valence-corrected chi connectivity index (χ0v) is 22.4. The molecule has 0 spiro atoms. The van der Waals surface area contributed by atoms with Crippen LogP contribution in [0.25, 0.3) is 0 Å². The van der Waals surface area contributed by atoms with Crippen molar-refractivity contribution >= 4 is 28.6 Å². The number of nitrogens with zero attached hydrogens (tertiary/aromatic N) is 2. The Hall–Kier alpha value is -4.33. The number of rotatable bonds is 10. The second-order valence-electron chi connectivity index (χ2n) is 8.31. The molecule has 216 valence electrons. The lowest BCUT2D eigenvalue weighted by molar-refractivity contribution is -0.123. The van der Waals surface area contributed by atoms with E-state index in [2.05, 4.69) is 15.2 Å². The van der Waals surface area contributed by atoms with E-state index in [1.54, 1.807) is 6.07 Å². The van der Waals surface area contributed by atoms with E-state index in [0.717, 1.165) is 23.9 Å². The highest BCUT2D eigenvalue weighted by molar-refractivity contribution is 8.14. The molecule has 0 radical (unpaired) electrons. The van der Waals surface area contributed by atoms with Crippen LogP contribution in [0.2, 0.25) is 0 Å². The maximum absolute atomic E-state index is 15.1. The SMILES string of the molecule is COc1c(OCC(=O)NCCF)cccc1C1SC(c2ccc(F)cc2)=NN1C(=O)c1cc(F)c(F)c(OC)c1F. The molecule has 8 nitrogen and oxygen atoms in total. The van der Waals surface area contributed by atoms with Gasteiger partial charge in [0, 0.05) is 17.7 Å². The van der Waals surface area contributed by atoms with Gasteiger partial charge in [-0.2, -0.15) is 9.49 Å². The molecule has 0 saturated heterocycles. The molecule has 1 N–H and O–H groups in total. The van der Waals surface area contributed by atoms with E-state index >= 15 is 4.39 Å². The average Bonchev–Trinajstić information content (AvgIpc) is 3.42. The lowest BCUT2D eigenvalue weighted by Crippen LogP contribution is -2.30. The number of halogens is 5. The molecule has 1 aliphatic heterocycles. The zero-order valence-electron chi connectivity index (χ0n) is 21.6. The van der Waals surface area contributed by atoms with E-state index in [1.807, 2.05) is 0 Å². The Morgan fingerprint density at radius 1 is 1.00 bits per heavy atom. The number of benzene rings is 3. The number of para-hydroxylation sites is 1. The van der Waals surface area contributed by atoms with E-state index in [-0.39, 0.29) is 28.7 Å². The standard InChI is InChI=1S/C27H22F5N3O5S/c1-38-23-16(4-3-5-19(23)40-13-20(36)33-11-10-28)27-35(34-25(41-27)14-6-8-15(29)9-7-14)26(37)17-12-18(30)22(32)24(39-2)21(17)31/h3-9,12,27H,10-11,13H2,1-2H3,(H,33,36). The number of hydrogen-bond donors (Lipinski definition) is 1. The summed E-state index contributed by atoms with van der Waals surface area (Å²) >= 11 is 1.01. The highest BCUT2D eigenvalue weighted by Crippen LogP contribution is 2.48. The van der Waals surface area contributed by atoms with E-state index in [4.69, 9.17) is 9.47 Å². The highest BCUT2D eigenvalue weighted by Gasteiger charge is 2.39. The molecule has 3 aromatic carbocycles. The number of hydrazone groups is 1. The predicted octanol–water partition coefficient (Wildman–Crippen LogP) is 4.97. The average molecular weight is 596 g/mol. The number of amides is 2. The monoisotopic (exact) mass is 595 g/mol. The van der Waals surface area contributed by atoms with Crippen LogP contribution in [-0.4, -0.2) is 55.9 Å². The number of carbonyl (C=O) groups excluding carboxylic acids is 2. The first kappa shape index (κ1) is 29.6. The second kappa shape index (κ2) is 12.9. The Kier molecular flexibility index (Phi) is 9.32. The van der Waals surface area contributed by atoms with Gasteiger partial charge in [0.25, 0.3) is 11.8 Å². The fourth-order valence-electron chi connectivity index (χ4n) is 3.87. The Morgan fingerprint density at radius 2 is 1.71 bits per heavy atom. The van der Waals surface area contributed by atoms with Gasteiger partial charge in [-0.3, -0.25) is 9.59 Å². The maximum Gasteiger partial charge on any atom is 0.278 e. The van der Waals surface area contributed by atoms with Crippen LogP contribution < -0.4 is 19.5 Å². The molecule has 0 saturated carbocycles. The Bertz CT molecular complexity index is 1490. The van der Waals surface area contributed by atoms with Gasteiger partial charge in [-0.1, -0.05) is 23.9 Å². The minimum atomic E-state index is -1.61. The van der Waals surface area contributed by atoms with Crippen LogP contribution in [0.4, 0.5) is 22.0 Å². The summed E-state index contributed by atoms with van der Waals surface area (Å²) in [6, 6.07) is 10.2. The van der Waals surface area contributed by atoms with Gasteiger partial charge < -0.3 is 19.5 Å². The predicted molar refractivity (Wildman–Crippen MR) is 140 cm³/mol. The number of hydrogen-bond acceptors (Lipinski definition) is 7. The van der Waals surface area contributed by atoms with Crippen molar-refractivity contribution in [1.29, 1.82) is 0 Å². The van der Waals surface area contributed by atoms with Crippen LogP contribution in [0.15, 0.2) is 53.6 Å². The molecule has 0 bridgehead atoms. The third-order valence-electron chi connectivity index (χ3n) is 5.75. The number of thioether (sulfide) groups is 1. The smallest absolute Gasteiger partial charge is 0.278 e. The Labute approximate surface area is 235 Å². The molecule has 1 unspecified atom stereocenters. The molecule has 0 fully saturated rings. The van der Waals surface area contributed by atoms with Gasteiger partial charge in [0.05, 0.1) is 19.8 Å². The summed E-state index contributed by atoms with van der Waals surface area (Å²) in [7, 11) is 2.23. The molecule has 0 aromatic heterocycles. The van der Waals surface area contributed by atoms with E-state index in [1.165, 1.54) is 43.5 Å². The molecule has 4 rings (SSSR count). The third-order valence-corrected chi connectivity index (χ3v) is 6.97. The molecule has 2 amide bonds. The molecule has 1 aliphatic rings. The molecule has 1 atom stereocenters. The van der Waals surface area contributed by atoms with Crippen LogP contribution >= 0.6 is 11.8 Å². The van der Waals surface area contributed by atoms with Crippen LogP contribution in [-0.2, 0) is 4.79 Å². The molecule has 1 heterocycles. The van der Waals surface area contributed by atoms with Gasteiger partial charge in [0.2, 0.25) is 5.82 Å². The molecular weight excluding hydrogens is 573 g/mol. The number of alkyl halides is 1. The minimum absolute atomic E-state index is 0.0833. The fourth-order valence-corrected chi connectivity index (χ4v) is 5.05. The molecule has 41 heavy (non-hydrogen) atoms. The number of methoxy groups -OCH3 is 2. The summed E-state index contributed by atoms with van der Waals surface area (Å²) in [5, 5.41) is 6.61. The Balaban J connectivity index is 1.77. The van der Waals surface area contributed by atoms with Crippen molar-refractivity contribution in [2.75, 3.05) is 34.0 Å². The summed E-state index contributed by atoms with van der Waals surface area (Å²) in [5.74, 6) is -7.72.